The average Bonchev–Trinajstić information content (AvgIpc) is 2.57. The fraction of sp³-hybridized carbons (Fsp3) is 0.167. The Morgan fingerprint density at radius 3 is 2.62 bits per heavy atom. The van der Waals surface area contributed by atoms with Gasteiger partial charge in [0.25, 0.3) is 0 Å². The van der Waals surface area contributed by atoms with Crippen molar-refractivity contribution in [3.8, 4) is 0 Å². The van der Waals surface area contributed by atoms with E-state index in [9.17, 15) is 0 Å². The fourth-order valence-corrected chi connectivity index (χ4v) is 2.09. The summed E-state index contributed by atoms with van der Waals surface area (Å²) in [6.07, 6.45) is 0. The number of nitrogens with one attached hydrogen (secondary N) is 1. The van der Waals surface area contributed by atoms with Gasteiger partial charge < -0.3 is 9.73 Å². The predicted molar refractivity (Wildman–Crippen MR) is 72.6 cm³/mol. The van der Waals surface area contributed by atoms with E-state index in [-0.39, 0.29) is 0 Å². The van der Waals surface area contributed by atoms with Crippen LogP contribution in [0.15, 0.2) is 43.9 Å². The molecule has 1 heterocycles. The molecule has 0 fully saturated rings. The molecule has 2 rings (SSSR count). The number of furan rings is 1. The minimum atomic E-state index is 0.676. The van der Waals surface area contributed by atoms with Crippen molar-refractivity contribution < 1.29 is 4.42 Å². The Hall–Kier alpha value is -0.740. The van der Waals surface area contributed by atoms with Gasteiger partial charge in [-0.25, -0.2) is 0 Å². The maximum atomic E-state index is 5.48. The van der Waals surface area contributed by atoms with Crippen LogP contribution in [-0.4, -0.2) is 0 Å². The molecule has 2 aromatic rings. The SMILES string of the molecule is Cc1ccccc1NCc1cc(Br)c(Br)o1. The maximum absolute atomic E-state index is 5.48. The summed E-state index contributed by atoms with van der Waals surface area (Å²) in [7, 11) is 0. The molecule has 0 saturated carbocycles. The quantitative estimate of drug-likeness (QED) is 0.871. The molecule has 84 valence electrons. The highest BCUT2D eigenvalue weighted by molar-refractivity contribution is 9.13. The van der Waals surface area contributed by atoms with Crippen LogP contribution >= 0.6 is 31.9 Å². The number of anilines is 1. The third-order valence-corrected chi connectivity index (χ3v) is 4.00. The summed E-state index contributed by atoms with van der Waals surface area (Å²) >= 11 is 6.70. The van der Waals surface area contributed by atoms with E-state index in [1.54, 1.807) is 0 Å². The van der Waals surface area contributed by atoms with Crippen LogP contribution in [0.5, 0.6) is 0 Å². The molecule has 4 heteroatoms. The van der Waals surface area contributed by atoms with E-state index in [1.165, 1.54) is 5.56 Å². The minimum Gasteiger partial charge on any atom is -0.451 e. The van der Waals surface area contributed by atoms with Crippen LogP contribution < -0.4 is 5.32 Å². The Labute approximate surface area is 111 Å². The number of hydrogen-bond donors (Lipinski definition) is 1. The average molecular weight is 345 g/mol. The number of halogens is 2. The zero-order valence-electron chi connectivity index (χ0n) is 8.76. The Bertz CT molecular complexity index is 474. The zero-order chi connectivity index (χ0) is 11.5. The summed E-state index contributed by atoms with van der Waals surface area (Å²) < 4.78 is 7.15. The summed E-state index contributed by atoms with van der Waals surface area (Å²) in [5.41, 5.74) is 2.36. The van der Waals surface area contributed by atoms with Gasteiger partial charge in [0.05, 0.1) is 11.0 Å². The lowest BCUT2D eigenvalue weighted by molar-refractivity contribution is 0.494. The number of aryl methyl sites for hydroxylation is 1. The van der Waals surface area contributed by atoms with Gasteiger partial charge in [0, 0.05) is 5.69 Å². The molecule has 0 atom stereocenters. The van der Waals surface area contributed by atoms with Gasteiger partial charge in [0.1, 0.15) is 5.76 Å². The normalized spacial score (nSPS) is 10.4. The lowest BCUT2D eigenvalue weighted by atomic mass is 10.2. The third kappa shape index (κ3) is 2.68. The van der Waals surface area contributed by atoms with Crippen molar-refractivity contribution in [3.63, 3.8) is 0 Å². The van der Waals surface area contributed by atoms with Crippen LogP contribution in [0, 0.1) is 6.92 Å². The van der Waals surface area contributed by atoms with Crippen LogP contribution in [0.1, 0.15) is 11.3 Å². The molecule has 0 aliphatic carbocycles. The van der Waals surface area contributed by atoms with E-state index in [0.717, 1.165) is 20.6 Å². The molecule has 0 saturated heterocycles. The minimum absolute atomic E-state index is 0.676. The third-order valence-electron chi connectivity index (χ3n) is 2.29. The van der Waals surface area contributed by atoms with Gasteiger partial charge in [0.2, 0.25) is 0 Å². The summed E-state index contributed by atoms with van der Waals surface area (Å²) in [6.45, 7) is 2.76. The van der Waals surface area contributed by atoms with Crippen LogP contribution in [0.2, 0.25) is 0 Å². The maximum Gasteiger partial charge on any atom is 0.183 e. The van der Waals surface area contributed by atoms with Gasteiger partial charge in [-0.1, -0.05) is 18.2 Å². The molecular formula is C12H11Br2NO. The van der Waals surface area contributed by atoms with Gasteiger partial charge in [-0.3, -0.25) is 0 Å². The van der Waals surface area contributed by atoms with Crippen molar-refractivity contribution in [3.05, 3.63) is 50.8 Å². The smallest absolute Gasteiger partial charge is 0.183 e. The molecule has 0 aliphatic heterocycles. The second-order valence-corrected chi connectivity index (χ2v) is 5.08. The number of hydrogen-bond acceptors (Lipinski definition) is 2. The largest absolute Gasteiger partial charge is 0.451 e. The first-order chi connectivity index (χ1) is 7.66. The Morgan fingerprint density at radius 1 is 1.25 bits per heavy atom. The Balaban J connectivity index is 2.05. The van der Waals surface area contributed by atoms with Crippen LogP contribution in [0.3, 0.4) is 0 Å². The van der Waals surface area contributed by atoms with Crippen molar-refractivity contribution in [1.29, 1.82) is 0 Å². The molecule has 0 amide bonds. The van der Waals surface area contributed by atoms with Crippen LogP contribution in [0.25, 0.3) is 0 Å². The highest BCUT2D eigenvalue weighted by atomic mass is 79.9. The summed E-state index contributed by atoms with van der Waals surface area (Å²) in [6, 6.07) is 10.1. The molecule has 2 nitrogen and oxygen atoms in total. The molecule has 1 N–H and O–H groups in total. The van der Waals surface area contributed by atoms with E-state index in [4.69, 9.17) is 4.42 Å². The van der Waals surface area contributed by atoms with Crippen molar-refractivity contribution in [2.24, 2.45) is 0 Å². The standard InChI is InChI=1S/C12H11Br2NO/c1-8-4-2-3-5-11(8)15-7-9-6-10(13)12(14)16-9/h2-6,15H,7H2,1H3. The molecule has 0 bridgehead atoms. The van der Waals surface area contributed by atoms with E-state index in [2.05, 4.69) is 56.2 Å². The Morgan fingerprint density at radius 2 is 2.00 bits per heavy atom. The van der Waals surface area contributed by atoms with Gasteiger partial charge in [-0.2, -0.15) is 0 Å². The second-order valence-electron chi connectivity index (χ2n) is 3.50. The van der Waals surface area contributed by atoms with Gasteiger partial charge in [-0.05, 0) is 56.5 Å². The lowest BCUT2D eigenvalue weighted by Crippen LogP contribution is -1.99. The van der Waals surface area contributed by atoms with E-state index < -0.39 is 0 Å². The number of rotatable bonds is 3. The van der Waals surface area contributed by atoms with Crippen LogP contribution in [-0.2, 0) is 6.54 Å². The monoisotopic (exact) mass is 343 g/mol. The molecule has 16 heavy (non-hydrogen) atoms. The van der Waals surface area contributed by atoms with Crippen molar-refractivity contribution >= 4 is 37.5 Å². The molecular weight excluding hydrogens is 334 g/mol. The lowest BCUT2D eigenvalue weighted by Gasteiger charge is -2.06. The summed E-state index contributed by atoms with van der Waals surface area (Å²) in [4.78, 5) is 0. The molecule has 0 aliphatic rings. The first-order valence-corrected chi connectivity index (χ1v) is 6.48. The first-order valence-electron chi connectivity index (χ1n) is 4.90. The predicted octanol–water partition coefficient (Wildman–Crippen LogP) is 4.73. The fourth-order valence-electron chi connectivity index (χ4n) is 1.43. The first kappa shape index (κ1) is 11.7. The Kier molecular flexibility index (Phi) is 3.71. The van der Waals surface area contributed by atoms with Gasteiger partial charge >= 0.3 is 0 Å². The van der Waals surface area contributed by atoms with Crippen molar-refractivity contribution in [1.82, 2.24) is 0 Å². The van der Waals surface area contributed by atoms with Crippen molar-refractivity contribution in [2.45, 2.75) is 13.5 Å². The number of benzene rings is 1. The zero-order valence-corrected chi connectivity index (χ0v) is 11.9. The number of para-hydroxylation sites is 1. The van der Waals surface area contributed by atoms with Gasteiger partial charge in [-0.15, -0.1) is 0 Å². The van der Waals surface area contributed by atoms with E-state index >= 15 is 0 Å². The molecule has 0 unspecified atom stereocenters. The summed E-state index contributed by atoms with van der Waals surface area (Å²) in [5.74, 6) is 0.891. The topological polar surface area (TPSA) is 25.2 Å². The molecule has 0 spiro atoms. The highest BCUT2D eigenvalue weighted by Crippen LogP contribution is 2.27. The molecule has 1 aromatic heterocycles. The van der Waals surface area contributed by atoms with Crippen molar-refractivity contribution in [2.75, 3.05) is 5.32 Å². The summed E-state index contributed by atoms with van der Waals surface area (Å²) in [5, 5.41) is 3.33. The van der Waals surface area contributed by atoms with Crippen LogP contribution in [0.4, 0.5) is 5.69 Å². The van der Waals surface area contributed by atoms with Gasteiger partial charge in [0.15, 0.2) is 4.67 Å². The van der Waals surface area contributed by atoms with E-state index in [1.807, 2.05) is 18.2 Å². The molecule has 1 aromatic carbocycles. The second kappa shape index (κ2) is 5.06. The molecule has 0 radical (unpaired) electrons. The highest BCUT2D eigenvalue weighted by Gasteiger charge is 2.05. The van der Waals surface area contributed by atoms with E-state index in [0.29, 0.717) is 6.54 Å².